The van der Waals surface area contributed by atoms with Crippen molar-refractivity contribution in [2.24, 2.45) is 5.73 Å². The summed E-state index contributed by atoms with van der Waals surface area (Å²) < 4.78 is 0. The molecule has 0 aliphatic carbocycles. The van der Waals surface area contributed by atoms with Crippen molar-refractivity contribution in [2.75, 3.05) is 19.6 Å². The van der Waals surface area contributed by atoms with E-state index in [0.29, 0.717) is 0 Å². The van der Waals surface area contributed by atoms with Crippen molar-refractivity contribution in [3.05, 3.63) is 58.7 Å². The van der Waals surface area contributed by atoms with Crippen LogP contribution in [0.15, 0.2) is 36.4 Å². The van der Waals surface area contributed by atoms with E-state index < -0.39 is 0 Å². The lowest BCUT2D eigenvalue weighted by Crippen LogP contribution is -2.34. The molecule has 0 amide bonds. The van der Waals surface area contributed by atoms with Crippen LogP contribution < -0.4 is 5.73 Å². The Morgan fingerprint density at radius 2 is 1.95 bits per heavy atom. The van der Waals surface area contributed by atoms with Crippen LogP contribution in [-0.2, 0) is 13.0 Å². The maximum atomic E-state index is 5.71. The van der Waals surface area contributed by atoms with Crippen LogP contribution in [0.2, 0.25) is 0 Å². The smallest absolute Gasteiger partial charge is 0.0237 e. The van der Waals surface area contributed by atoms with E-state index in [-0.39, 0.29) is 0 Å². The van der Waals surface area contributed by atoms with Crippen molar-refractivity contribution in [3.8, 4) is 11.1 Å². The Bertz CT molecular complexity index is 646. The first kappa shape index (κ1) is 14.3. The maximum Gasteiger partial charge on any atom is 0.0237 e. The Hall–Kier alpha value is -1.64. The fourth-order valence-corrected chi connectivity index (χ4v) is 3.34. The van der Waals surface area contributed by atoms with Gasteiger partial charge in [0.25, 0.3) is 0 Å². The minimum absolute atomic E-state index is 0.742. The molecule has 0 unspecified atom stereocenters. The highest BCUT2D eigenvalue weighted by molar-refractivity contribution is 5.67. The summed E-state index contributed by atoms with van der Waals surface area (Å²) >= 11 is 0. The molecule has 2 aromatic carbocycles. The molecule has 0 saturated carbocycles. The first-order chi connectivity index (χ1) is 10.2. The lowest BCUT2D eigenvalue weighted by molar-refractivity contribution is 0.261. The predicted octanol–water partition coefficient (Wildman–Crippen LogP) is 3.29. The van der Waals surface area contributed by atoms with Crippen molar-refractivity contribution in [1.29, 1.82) is 0 Å². The second-order valence-electron chi connectivity index (χ2n) is 6.12. The molecule has 2 heteroatoms. The molecular formula is C19H24N2. The number of nitrogens with two attached hydrogens (primary N) is 1. The molecular weight excluding hydrogens is 256 g/mol. The molecule has 1 aliphatic heterocycles. The van der Waals surface area contributed by atoms with Gasteiger partial charge in [-0.2, -0.15) is 0 Å². The number of fused-ring (bicyclic) bond motifs is 1. The minimum atomic E-state index is 0.742. The van der Waals surface area contributed by atoms with E-state index in [1.165, 1.54) is 27.8 Å². The number of hydrogen-bond acceptors (Lipinski definition) is 2. The van der Waals surface area contributed by atoms with E-state index in [1.807, 2.05) is 0 Å². The fraction of sp³-hybridized carbons (Fsp3) is 0.368. The Labute approximate surface area is 127 Å². The maximum absolute atomic E-state index is 5.71. The third kappa shape index (κ3) is 3.02. The van der Waals surface area contributed by atoms with E-state index in [9.17, 15) is 0 Å². The van der Waals surface area contributed by atoms with Crippen LogP contribution in [-0.4, -0.2) is 24.5 Å². The van der Waals surface area contributed by atoms with Gasteiger partial charge in [0.05, 0.1) is 0 Å². The van der Waals surface area contributed by atoms with E-state index in [2.05, 4.69) is 55.1 Å². The summed E-state index contributed by atoms with van der Waals surface area (Å²) in [5.74, 6) is 0. The number of rotatable bonds is 3. The first-order valence-electron chi connectivity index (χ1n) is 7.79. The second-order valence-corrected chi connectivity index (χ2v) is 6.12. The topological polar surface area (TPSA) is 29.3 Å². The summed E-state index contributed by atoms with van der Waals surface area (Å²) in [5.41, 5.74) is 14.1. The highest BCUT2D eigenvalue weighted by Gasteiger charge is 2.18. The molecule has 3 rings (SSSR count). The van der Waals surface area contributed by atoms with Crippen LogP contribution in [0.3, 0.4) is 0 Å². The summed E-state index contributed by atoms with van der Waals surface area (Å²) in [5, 5.41) is 0. The molecule has 2 nitrogen and oxygen atoms in total. The van der Waals surface area contributed by atoms with Crippen LogP contribution in [0.1, 0.15) is 22.3 Å². The molecule has 0 radical (unpaired) electrons. The van der Waals surface area contributed by atoms with Gasteiger partial charge in [0, 0.05) is 26.2 Å². The van der Waals surface area contributed by atoms with Crippen molar-refractivity contribution in [2.45, 2.75) is 26.8 Å². The monoisotopic (exact) mass is 280 g/mol. The third-order valence-electron chi connectivity index (χ3n) is 4.43. The quantitative estimate of drug-likeness (QED) is 0.935. The molecule has 21 heavy (non-hydrogen) atoms. The molecule has 110 valence electrons. The minimum Gasteiger partial charge on any atom is -0.329 e. The zero-order chi connectivity index (χ0) is 14.8. The molecule has 0 fully saturated rings. The van der Waals surface area contributed by atoms with Gasteiger partial charge in [-0.1, -0.05) is 35.9 Å². The average Bonchev–Trinajstić information content (AvgIpc) is 2.47. The summed E-state index contributed by atoms with van der Waals surface area (Å²) in [4.78, 5) is 2.46. The molecule has 0 bridgehead atoms. The van der Waals surface area contributed by atoms with Gasteiger partial charge in [-0.15, -0.1) is 0 Å². The highest BCUT2D eigenvalue weighted by Crippen LogP contribution is 2.29. The Kier molecular flexibility index (Phi) is 4.09. The predicted molar refractivity (Wildman–Crippen MR) is 89.4 cm³/mol. The zero-order valence-corrected chi connectivity index (χ0v) is 13.0. The van der Waals surface area contributed by atoms with Gasteiger partial charge in [0.1, 0.15) is 0 Å². The zero-order valence-electron chi connectivity index (χ0n) is 13.0. The summed E-state index contributed by atoms with van der Waals surface area (Å²) in [6.45, 7) is 8.30. The molecule has 2 aromatic rings. The first-order valence-corrected chi connectivity index (χ1v) is 7.79. The molecule has 0 aromatic heterocycles. The van der Waals surface area contributed by atoms with Crippen LogP contribution in [0.4, 0.5) is 0 Å². The SMILES string of the molecule is Cc1cccc(-c2cc(C)c3c(c2)CN(CCN)CC3)c1. The molecule has 0 spiro atoms. The molecule has 1 heterocycles. The molecule has 0 saturated heterocycles. The Morgan fingerprint density at radius 1 is 1.10 bits per heavy atom. The molecule has 0 atom stereocenters. The van der Waals surface area contributed by atoms with E-state index >= 15 is 0 Å². The van der Waals surface area contributed by atoms with Crippen molar-refractivity contribution in [3.63, 3.8) is 0 Å². The summed E-state index contributed by atoms with van der Waals surface area (Å²) in [6, 6.07) is 13.5. The van der Waals surface area contributed by atoms with Crippen LogP contribution in [0.25, 0.3) is 11.1 Å². The van der Waals surface area contributed by atoms with Gasteiger partial charge >= 0.3 is 0 Å². The van der Waals surface area contributed by atoms with Gasteiger partial charge < -0.3 is 5.73 Å². The molecule has 1 aliphatic rings. The number of aryl methyl sites for hydroxylation is 2. The summed E-state index contributed by atoms with van der Waals surface area (Å²) in [7, 11) is 0. The number of nitrogens with zero attached hydrogens (tertiary/aromatic N) is 1. The summed E-state index contributed by atoms with van der Waals surface area (Å²) in [6.07, 6.45) is 1.15. The number of hydrogen-bond donors (Lipinski definition) is 1. The standard InChI is InChI=1S/C19H24N2/c1-14-4-3-5-16(10-14)17-11-15(2)19-6-8-21(9-7-20)13-18(19)12-17/h3-5,10-12H,6-9,13,20H2,1-2H3. The molecule has 2 N–H and O–H groups in total. The normalized spacial score (nSPS) is 15.0. The van der Waals surface area contributed by atoms with Gasteiger partial charge in [-0.3, -0.25) is 4.90 Å². The van der Waals surface area contributed by atoms with Gasteiger partial charge in [0.2, 0.25) is 0 Å². The lowest BCUT2D eigenvalue weighted by Gasteiger charge is -2.30. The van der Waals surface area contributed by atoms with Crippen LogP contribution in [0.5, 0.6) is 0 Å². The highest BCUT2D eigenvalue weighted by atomic mass is 15.1. The third-order valence-corrected chi connectivity index (χ3v) is 4.43. The Balaban J connectivity index is 1.98. The van der Waals surface area contributed by atoms with Gasteiger partial charge in [-0.25, -0.2) is 0 Å². The average molecular weight is 280 g/mol. The van der Waals surface area contributed by atoms with E-state index in [4.69, 9.17) is 5.73 Å². The van der Waals surface area contributed by atoms with Crippen molar-refractivity contribution >= 4 is 0 Å². The van der Waals surface area contributed by atoms with E-state index in [1.54, 1.807) is 5.56 Å². The Morgan fingerprint density at radius 3 is 2.71 bits per heavy atom. The lowest BCUT2D eigenvalue weighted by atomic mass is 9.90. The van der Waals surface area contributed by atoms with Gasteiger partial charge in [-0.05, 0) is 54.2 Å². The van der Waals surface area contributed by atoms with Crippen molar-refractivity contribution < 1.29 is 0 Å². The fourth-order valence-electron chi connectivity index (χ4n) is 3.34. The van der Waals surface area contributed by atoms with Crippen LogP contribution in [0, 0.1) is 13.8 Å². The van der Waals surface area contributed by atoms with E-state index in [0.717, 1.165) is 32.6 Å². The van der Waals surface area contributed by atoms with Gasteiger partial charge in [0.15, 0.2) is 0 Å². The van der Waals surface area contributed by atoms with Crippen LogP contribution >= 0.6 is 0 Å². The second kappa shape index (κ2) is 6.00. The number of benzene rings is 2. The largest absolute Gasteiger partial charge is 0.329 e. The van der Waals surface area contributed by atoms with Crippen molar-refractivity contribution in [1.82, 2.24) is 4.90 Å².